The number of carboxylic acids is 1. The highest BCUT2D eigenvalue weighted by atomic mass is 16.5. The largest absolute Gasteiger partial charge is 0.545 e. The highest BCUT2D eigenvalue weighted by Crippen LogP contribution is 2.69. The van der Waals surface area contributed by atoms with Crippen LogP contribution in [-0.4, -0.2) is 18.5 Å². The molecule has 2 aliphatic carbocycles. The van der Waals surface area contributed by atoms with E-state index in [4.69, 9.17) is 4.74 Å². The van der Waals surface area contributed by atoms with Gasteiger partial charge in [-0.25, -0.2) is 4.79 Å². The molecule has 0 heterocycles. The summed E-state index contributed by atoms with van der Waals surface area (Å²) < 4.78 is 4.84. The van der Waals surface area contributed by atoms with Gasteiger partial charge >= 0.3 is 5.97 Å². The second-order valence-corrected chi connectivity index (χ2v) is 9.59. The summed E-state index contributed by atoms with van der Waals surface area (Å²) in [4.78, 5) is 21.5. The first-order chi connectivity index (χ1) is 13.0. The molecule has 0 amide bonds. The fourth-order valence-electron chi connectivity index (χ4n) is 4.94. The van der Waals surface area contributed by atoms with Gasteiger partial charge in [0.05, 0.1) is 12.6 Å². The summed E-state index contributed by atoms with van der Waals surface area (Å²) in [6.07, 6.45) is 9.14. The first-order valence-corrected chi connectivity index (χ1v) is 10.7. The number of hydrogen-bond acceptors (Lipinski definition) is 4. The Balaban J connectivity index is 0.000000284. The van der Waals surface area contributed by atoms with Crippen LogP contribution in [-0.2, 0) is 14.3 Å². The molecule has 0 aromatic carbocycles. The number of esters is 1. The molecule has 0 saturated heterocycles. The molecule has 2 fully saturated rings. The lowest BCUT2D eigenvalue weighted by Gasteiger charge is -2.40. The quantitative estimate of drug-likeness (QED) is 0.325. The lowest BCUT2D eigenvalue weighted by Crippen LogP contribution is -2.37. The number of ether oxygens (including phenoxy) is 1. The van der Waals surface area contributed by atoms with Gasteiger partial charge in [-0.3, -0.25) is 0 Å². The maximum absolute atomic E-state index is 10.9. The van der Waals surface area contributed by atoms with Gasteiger partial charge in [0.2, 0.25) is 0 Å². The lowest BCUT2D eigenvalue weighted by molar-refractivity contribution is -0.300. The van der Waals surface area contributed by atoms with Crippen molar-refractivity contribution in [3.63, 3.8) is 0 Å². The van der Waals surface area contributed by atoms with Crippen molar-refractivity contribution in [3.8, 4) is 0 Å². The van der Waals surface area contributed by atoms with Gasteiger partial charge in [-0.05, 0) is 59.8 Å². The van der Waals surface area contributed by atoms with Crippen molar-refractivity contribution in [2.75, 3.05) is 6.61 Å². The maximum atomic E-state index is 10.9. The number of hydrogen-bond donors (Lipinski definition) is 0. The predicted octanol–water partition coefficient (Wildman–Crippen LogP) is 4.69. The Bertz CT molecular complexity index is 575. The molecular weight excluding hydrogens is 352 g/mol. The fourth-order valence-corrected chi connectivity index (χ4v) is 4.94. The Hall–Kier alpha value is -1.58. The topological polar surface area (TPSA) is 66.4 Å². The summed E-state index contributed by atoms with van der Waals surface area (Å²) in [5, 5.41) is 10.9. The summed E-state index contributed by atoms with van der Waals surface area (Å²) in [5.74, 6) is 0.170. The molecule has 0 aromatic rings. The van der Waals surface area contributed by atoms with Crippen LogP contribution >= 0.6 is 0 Å². The van der Waals surface area contributed by atoms with Gasteiger partial charge in [0, 0.05) is 6.08 Å². The molecule has 1 unspecified atom stereocenters. The summed E-state index contributed by atoms with van der Waals surface area (Å²) in [6.45, 7) is 18.8. The fraction of sp³-hybridized carbons (Fsp3) is 0.750. The molecule has 0 N–H and O–H groups in total. The van der Waals surface area contributed by atoms with Gasteiger partial charge < -0.3 is 14.6 Å². The van der Waals surface area contributed by atoms with E-state index in [1.54, 1.807) is 0 Å². The molecule has 2 bridgehead atoms. The second kappa shape index (κ2) is 10.3. The van der Waals surface area contributed by atoms with Gasteiger partial charge in [-0.2, -0.15) is 0 Å². The number of aliphatic carboxylic acids is 1. The van der Waals surface area contributed by atoms with Crippen LogP contribution in [0.1, 0.15) is 79.6 Å². The van der Waals surface area contributed by atoms with Crippen molar-refractivity contribution in [3.05, 3.63) is 24.8 Å². The number of fused-ring (bicyclic) bond motifs is 2. The number of carbonyl (C=O) groups is 2. The van der Waals surface area contributed by atoms with E-state index in [9.17, 15) is 14.7 Å². The number of unbranched alkanes of at least 4 members (excludes halogenated alkanes) is 2. The standard InChI is InChI=1S/C13H20O2.C11H20O2/c1-8(11(14)15)10-7-9-5-6-13(10,4)12(9,2)3;1-4-11(12)13-9-7-5-6-8-10(2)3/h9-10H,1,5-7H2,2-4H3,(H,14,15);4,10H,1,5-9H2,2-3H3/p-1/t9-,10?,13-;/m1./s1. The molecule has 160 valence electrons. The number of carboxylic acid groups (broad SMARTS) is 1. The van der Waals surface area contributed by atoms with Gasteiger partial charge in [-0.15, -0.1) is 0 Å². The predicted molar refractivity (Wildman–Crippen MR) is 111 cm³/mol. The van der Waals surface area contributed by atoms with Crippen LogP contribution in [0.25, 0.3) is 0 Å². The third-order valence-corrected chi connectivity index (χ3v) is 7.31. The highest BCUT2D eigenvalue weighted by Gasteiger charge is 2.61. The van der Waals surface area contributed by atoms with Gasteiger partial charge in [0.1, 0.15) is 0 Å². The molecule has 2 aliphatic rings. The van der Waals surface area contributed by atoms with Crippen molar-refractivity contribution in [1.82, 2.24) is 0 Å². The second-order valence-electron chi connectivity index (χ2n) is 9.59. The van der Waals surface area contributed by atoms with Crippen LogP contribution in [0.15, 0.2) is 24.8 Å². The zero-order chi connectivity index (χ0) is 21.5. The lowest BCUT2D eigenvalue weighted by atomic mass is 9.65. The molecule has 4 heteroatoms. The van der Waals surface area contributed by atoms with E-state index in [2.05, 4.69) is 47.8 Å². The van der Waals surface area contributed by atoms with Crippen molar-refractivity contribution in [1.29, 1.82) is 0 Å². The maximum Gasteiger partial charge on any atom is 0.330 e. The van der Waals surface area contributed by atoms with E-state index in [0.29, 0.717) is 18.1 Å². The van der Waals surface area contributed by atoms with Crippen LogP contribution in [0.3, 0.4) is 0 Å². The SMILES string of the molecule is C=C(C(=O)[O-])C1C[C@H]2CC[C@@]1(C)C2(C)C.C=CC(=O)OCCCCCC(C)C. The third kappa shape index (κ3) is 5.71. The minimum atomic E-state index is -1.07. The zero-order valence-corrected chi connectivity index (χ0v) is 18.5. The summed E-state index contributed by atoms with van der Waals surface area (Å²) in [5.41, 5.74) is 0.665. The van der Waals surface area contributed by atoms with Gasteiger partial charge in [-0.1, -0.05) is 67.0 Å². The summed E-state index contributed by atoms with van der Waals surface area (Å²) in [6, 6.07) is 0. The molecule has 4 nitrogen and oxygen atoms in total. The molecule has 0 radical (unpaired) electrons. The van der Waals surface area contributed by atoms with Crippen molar-refractivity contribution < 1.29 is 19.4 Å². The van der Waals surface area contributed by atoms with Crippen molar-refractivity contribution >= 4 is 11.9 Å². The van der Waals surface area contributed by atoms with E-state index >= 15 is 0 Å². The molecule has 2 rings (SSSR count). The Morgan fingerprint density at radius 3 is 2.29 bits per heavy atom. The van der Waals surface area contributed by atoms with Crippen molar-refractivity contribution in [2.45, 2.75) is 79.6 Å². The Kier molecular flexibility index (Phi) is 8.97. The number of carbonyl (C=O) groups excluding carboxylic acids is 2. The Labute approximate surface area is 171 Å². The van der Waals surface area contributed by atoms with Gasteiger partial charge in [0.25, 0.3) is 0 Å². The summed E-state index contributed by atoms with van der Waals surface area (Å²) in [7, 11) is 0. The molecule has 0 aliphatic heterocycles. The van der Waals surface area contributed by atoms with E-state index in [1.807, 2.05) is 0 Å². The van der Waals surface area contributed by atoms with Gasteiger partial charge in [0.15, 0.2) is 0 Å². The van der Waals surface area contributed by atoms with Crippen molar-refractivity contribution in [2.24, 2.45) is 28.6 Å². The Morgan fingerprint density at radius 2 is 1.86 bits per heavy atom. The third-order valence-electron chi connectivity index (χ3n) is 7.31. The minimum Gasteiger partial charge on any atom is -0.545 e. The van der Waals surface area contributed by atoms with Crippen LogP contribution in [0.4, 0.5) is 0 Å². The molecule has 0 spiro atoms. The van der Waals surface area contributed by atoms with E-state index in [0.717, 1.165) is 31.6 Å². The zero-order valence-electron chi connectivity index (χ0n) is 18.5. The van der Waals surface area contributed by atoms with Crippen LogP contribution in [0.2, 0.25) is 0 Å². The van der Waals surface area contributed by atoms with E-state index in [-0.39, 0.29) is 22.7 Å². The van der Waals surface area contributed by atoms with E-state index < -0.39 is 5.97 Å². The molecule has 2 saturated carbocycles. The Morgan fingerprint density at radius 1 is 1.21 bits per heavy atom. The van der Waals surface area contributed by atoms with Crippen LogP contribution < -0.4 is 5.11 Å². The normalized spacial score (nSPS) is 27.1. The first-order valence-electron chi connectivity index (χ1n) is 10.7. The molecule has 3 atom stereocenters. The van der Waals surface area contributed by atoms with E-state index in [1.165, 1.54) is 25.3 Å². The summed E-state index contributed by atoms with van der Waals surface area (Å²) >= 11 is 0. The highest BCUT2D eigenvalue weighted by molar-refractivity contribution is 5.84. The monoisotopic (exact) mass is 391 g/mol. The smallest absolute Gasteiger partial charge is 0.330 e. The average molecular weight is 392 g/mol. The molecule has 0 aromatic heterocycles. The molecular formula is C24H39O4-. The van der Waals surface area contributed by atoms with Crippen LogP contribution in [0.5, 0.6) is 0 Å². The number of rotatable bonds is 9. The average Bonchev–Trinajstić information content (AvgIpc) is 2.97. The molecule has 28 heavy (non-hydrogen) atoms. The first kappa shape index (κ1) is 24.5. The minimum absolute atomic E-state index is 0.106. The van der Waals surface area contributed by atoms with Crippen LogP contribution in [0, 0.1) is 28.6 Å².